The molecule has 1 heterocycles. The summed E-state index contributed by atoms with van der Waals surface area (Å²) in [5.74, 6) is 0.199. The number of guanidine groups is 1. The Bertz CT molecular complexity index is 437. The summed E-state index contributed by atoms with van der Waals surface area (Å²) in [5.41, 5.74) is 0. The van der Waals surface area contributed by atoms with Crippen molar-refractivity contribution in [3.05, 3.63) is 0 Å². The van der Waals surface area contributed by atoms with E-state index in [1.54, 1.807) is 11.8 Å². The molecule has 0 radical (unpaired) electrons. The van der Waals surface area contributed by atoms with Crippen molar-refractivity contribution in [3.8, 4) is 0 Å². The third-order valence-electron chi connectivity index (χ3n) is 3.67. The quantitative estimate of drug-likeness (QED) is 0.572. The van der Waals surface area contributed by atoms with Crippen LogP contribution in [-0.4, -0.2) is 77.8 Å². The Morgan fingerprint density at radius 1 is 1.45 bits per heavy atom. The number of halogens is 3. The molecule has 1 saturated heterocycles. The van der Waals surface area contributed by atoms with Crippen LogP contribution in [0.2, 0.25) is 0 Å². The molecule has 2 aliphatic rings. The van der Waals surface area contributed by atoms with Crippen molar-refractivity contribution >= 4 is 11.9 Å². The molecule has 0 bridgehead atoms. The highest BCUT2D eigenvalue weighted by Crippen LogP contribution is 2.28. The van der Waals surface area contributed by atoms with E-state index in [1.807, 2.05) is 4.90 Å². The number of nitrogens with one attached hydrogen (secondary N) is 1. The average Bonchev–Trinajstić information content (AvgIpc) is 3.26. The molecule has 2 fully saturated rings. The van der Waals surface area contributed by atoms with Gasteiger partial charge in [-0.15, -0.1) is 0 Å². The zero-order valence-corrected chi connectivity index (χ0v) is 12.4. The van der Waals surface area contributed by atoms with Gasteiger partial charge in [0, 0.05) is 25.7 Å². The van der Waals surface area contributed by atoms with Crippen molar-refractivity contribution in [2.45, 2.75) is 38.1 Å². The number of aliphatic hydroxyl groups excluding tert-OH is 1. The summed E-state index contributed by atoms with van der Waals surface area (Å²) < 4.78 is 37.0. The Kier molecular flexibility index (Phi) is 5.15. The van der Waals surface area contributed by atoms with Gasteiger partial charge in [0.1, 0.15) is 0 Å². The van der Waals surface area contributed by atoms with E-state index in [0.29, 0.717) is 25.7 Å². The number of aliphatic imine (C=N–C) groups is 1. The highest BCUT2D eigenvalue weighted by molar-refractivity contribution is 5.88. The third-order valence-corrected chi connectivity index (χ3v) is 3.67. The molecule has 1 amide bonds. The van der Waals surface area contributed by atoms with Gasteiger partial charge in [-0.05, 0) is 19.8 Å². The minimum Gasteiger partial charge on any atom is -0.382 e. The molecule has 2 N–H and O–H groups in total. The van der Waals surface area contributed by atoms with Gasteiger partial charge in [0.15, 0.2) is 12.1 Å². The Balaban J connectivity index is 1.97. The van der Waals surface area contributed by atoms with E-state index in [2.05, 4.69) is 10.3 Å². The smallest absolute Gasteiger partial charge is 0.382 e. The van der Waals surface area contributed by atoms with Gasteiger partial charge in [-0.3, -0.25) is 9.79 Å². The Labute approximate surface area is 127 Å². The molecule has 0 spiro atoms. The summed E-state index contributed by atoms with van der Waals surface area (Å²) in [7, 11) is 0. The van der Waals surface area contributed by atoms with Gasteiger partial charge in [0.2, 0.25) is 5.91 Å². The van der Waals surface area contributed by atoms with Crippen molar-refractivity contribution in [1.82, 2.24) is 15.1 Å². The number of aliphatic hydroxyl groups is 1. The summed E-state index contributed by atoms with van der Waals surface area (Å²) in [6.45, 7) is 2.66. The van der Waals surface area contributed by atoms with Gasteiger partial charge < -0.3 is 20.2 Å². The van der Waals surface area contributed by atoms with Crippen LogP contribution in [-0.2, 0) is 4.79 Å². The van der Waals surface area contributed by atoms with Gasteiger partial charge in [-0.2, -0.15) is 13.2 Å². The molecule has 22 heavy (non-hydrogen) atoms. The second-order valence-corrected chi connectivity index (χ2v) is 5.49. The molecule has 0 aromatic heterocycles. The van der Waals surface area contributed by atoms with E-state index in [9.17, 15) is 18.0 Å². The number of alkyl halides is 3. The largest absolute Gasteiger partial charge is 0.416 e. The SMILES string of the molecule is CCNC(=NCC(O)C(F)(F)F)N1CCN(C2CC2)C(=O)C1. The van der Waals surface area contributed by atoms with Gasteiger partial charge in [-0.1, -0.05) is 0 Å². The van der Waals surface area contributed by atoms with Crippen LogP contribution in [0.1, 0.15) is 19.8 Å². The second kappa shape index (κ2) is 6.72. The molecular formula is C13H21F3N4O2. The minimum atomic E-state index is -4.69. The van der Waals surface area contributed by atoms with E-state index < -0.39 is 18.8 Å². The van der Waals surface area contributed by atoms with Crippen LogP contribution in [0.25, 0.3) is 0 Å². The molecule has 0 aromatic rings. The van der Waals surface area contributed by atoms with Crippen molar-refractivity contribution in [2.24, 2.45) is 4.99 Å². The van der Waals surface area contributed by atoms with E-state index in [-0.39, 0.29) is 18.4 Å². The lowest BCUT2D eigenvalue weighted by molar-refractivity contribution is -0.199. The number of hydrogen-bond donors (Lipinski definition) is 2. The molecule has 0 aromatic carbocycles. The standard InChI is InChI=1S/C13H21F3N4O2/c1-2-17-12(18-7-10(21)13(14,15)16)19-5-6-20(9-3-4-9)11(22)8-19/h9-10,21H,2-8H2,1H3,(H,17,18). The predicted octanol–water partition coefficient (Wildman–Crippen LogP) is 0.182. The van der Waals surface area contributed by atoms with Crippen LogP contribution in [0.4, 0.5) is 13.2 Å². The van der Waals surface area contributed by atoms with Crippen molar-refractivity contribution in [3.63, 3.8) is 0 Å². The maximum atomic E-state index is 12.3. The van der Waals surface area contributed by atoms with Gasteiger partial charge >= 0.3 is 6.18 Å². The highest BCUT2D eigenvalue weighted by atomic mass is 19.4. The fraction of sp³-hybridized carbons (Fsp3) is 0.846. The number of nitrogens with zero attached hydrogens (tertiary/aromatic N) is 3. The monoisotopic (exact) mass is 322 g/mol. The molecule has 1 atom stereocenters. The fourth-order valence-electron chi connectivity index (χ4n) is 2.34. The molecule has 6 nitrogen and oxygen atoms in total. The van der Waals surface area contributed by atoms with Crippen LogP contribution in [0.3, 0.4) is 0 Å². The first kappa shape index (κ1) is 16.9. The minimum absolute atomic E-state index is 0.0317. The normalized spacial score (nSPS) is 22.0. The Hall–Kier alpha value is -1.51. The summed E-state index contributed by atoms with van der Waals surface area (Å²) >= 11 is 0. The number of piperazine rings is 1. The number of carbonyl (C=O) groups excluding carboxylic acids is 1. The van der Waals surface area contributed by atoms with Crippen molar-refractivity contribution in [1.29, 1.82) is 0 Å². The fourth-order valence-corrected chi connectivity index (χ4v) is 2.34. The lowest BCUT2D eigenvalue weighted by atomic mass is 10.3. The van der Waals surface area contributed by atoms with Crippen LogP contribution < -0.4 is 5.32 Å². The van der Waals surface area contributed by atoms with Gasteiger partial charge in [-0.25, -0.2) is 0 Å². The molecule has 1 aliphatic carbocycles. The average molecular weight is 322 g/mol. The van der Waals surface area contributed by atoms with Crippen LogP contribution in [0.15, 0.2) is 4.99 Å². The topological polar surface area (TPSA) is 68.2 Å². The van der Waals surface area contributed by atoms with Crippen molar-refractivity contribution in [2.75, 3.05) is 32.7 Å². The maximum Gasteiger partial charge on any atom is 0.416 e. The first-order valence-corrected chi connectivity index (χ1v) is 7.40. The number of rotatable bonds is 4. The van der Waals surface area contributed by atoms with Crippen LogP contribution >= 0.6 is 0 Å². The summed E-state index contributed by atoms with van der Waals surface area (Å²) in [5, 5.41) is 11.9. The predicted molar refractivity (Wildman–Crippen MR) is 74.3 cm³/mol. The zero-order chi connectivity index (χ0) is 16.3. The van der Waals surface area contributed by atoms with Crippen LogP contribution in [0, 0.1) is 0 Å². The molecule has 2 rings (SSSR count). The molecular weight excluding hydrogens is 301 g/mol. The first-order valence-electron chi connectivity index (χ1n) is 7.40. The summed E-state index contributed by atoms with van der Waals surface area (Å²) in [6.07, 6.45) is -5.14. The van der Waals surface area contributed by atoms with E-state index >= 15 is 0 Å². The third kappa shape index (κ3) is 4.25. The zero-order valence-electron chi connectivity index (χ0n) is 12.4. The molecule has 1 saturated carbocycles. The van der Waals surface area contributed by atoms with E-state index in [4.69, 9.17) is 5.11 Å². The lowest BCUT2D eigenvalue weighted by Crippen LogP contribution is -2.56. The maximum absolute atomic E-state index is 12.3. The number of amides is 1. The summed E-state index contributed by atoms with van der Waals surface area (Å²) in [4.78, 5) is 19.3. The van der Waals surface area contributed by atoms with E-state index in [1.165, 1.54) is 0 Å². The number of hydrogen-bond acceptors (Lipinski definition) is 3. The first-order chi connectivity index (χ1) is 10.3. The number of carbonyl (C=O) groups is 1. The molecule has 126 valence electrons. The lowest BCUT2D eigenvalue weighted by Gasteiger charge is -2.36. The van der Waals surface area contributed by atoms with E-state index in [0.717, 1.165) is 12.8 Å². The van der Waals surface area contributed by atoms with Gasteiger partial charge in [0.25, 0.3) is 0 Å². The van der Waals surface area contributed by atoms with Gasteiger partial charge in [0.05, 0.1) is 13.1 Å². The summed E-state index contributed by atoms with van der Waals surface area (Å²) in [6, 6.07) is 0.334. The highest BCUT2D eigenvalue weighted by Gasteiger charge is 2.39. The molecule has 9 heteroatoms. The molecule has 1 aliphatic heterocycles. The molecule has 1 unspecified atom stereocenters. The van der Waals surface area contributed by atoms with Crippen LogP contribution in [0.5, 0.6) is 0 Å². The Morgan fingerprint density at radius 3 is 2.64 bits per heavy atom. The second-order valence-electron chi connectivity index (χ2n) is 5.49. The Morgan fingerprint density at radius 2 is 2.14 bits per heavy atom. The van der Waals surface area contributed by atoms with Crippen molar-refractivity contribution < 1.29 is 23.1 Å².